The summed E-state index contributed by atoms with van der Waals surface area (Å²) < 4.78 is 0. The Balaban J connectivity index is 1.85. The maximum absolute atomic E-state index is 11.4. The van der Waals surface area contributed by atoms with E-state index in [-0.39, 0.29) is 6.03 Å². The highest BCUT2D eigenvalue weighted by Gasteiger charge is 2.34. The zero-order valence-corrected chi connectivity index (χ0v) is 8.92. The van der Waals surface area contributed by atoms with Crippen molar-refractivity contribution >= 4 is 6.03 Å². The van der Waals surface area contributed by atoms with Gasteiger partial charge in [0.2, 0.25) is 0 Å². The number of carbonyl (C=O) groups excluding carboxylic acids is 1. The monoisotopic (exact) mass is 197 g/mol. The molecule has 4 nitrogen and oxygen atoms in total. The van der Waals surface area contributed by atoms with Crippen molar-refractivity contribution in [3.63, 3.8) is 0 Å². The fourth-order valence-corrected chi connectivity index (χ4v) is 2.48. The Morgan fingerprint density at radius 1 is 1.29 bits per heavy atom. The van der Waals surface area contributed by atoms with Crippen LogP contribution in [0.1, 0.15) is 25.7 Å². The molecule has 4 heteroatoms. The van der Waals surface area contributed by atoms with Gasteiger partial charge in [-0.25, -0.2) is 4.79 Å². The molecule has 2 saturated heterocycles. The molecule has 14 heavy (non-hydrogen) atoms. The van der Waals surface area contributed by atoms with Crippen molar-refractivity contribution in [3.8, 4) is 0 Å². The normalized spacial score (nSPS) is 35.4. The molecule has 2 heterocycles. The molecule has 1 unspecified atom stereocenters. The first-order chi connectivity index (χ1) is 6.65. The second kappa shape index (κ2) is 3.77. The van der Waals surface area contributed by atoms with Crippen molar-refractivity contribution in [1.29, 1.82) is 0 Å². The Bertz CT molecular complexity index is 217. The molecule has 2 N–H and O–H groups in total. The molecular weight excluding hydrogens is 178 g/mol. The van der Waals surface area contributed by atoms with Gasteiger partial charge >= 0.3 is 6.03 Å². The second-order valence-electron chi connectivity index (χ2n) is 4.65. The number of nitrogens with zero attached hydrogens (tertiary/aromatic N) is 1. The van der Waals surface area contributed by atoms with E-state index in [0.717, 1.165) is 12.8 Å². The minimum Gasteiger partial charge on any atom is -0.335 e. The number of piperidine rings is 1. The minimum atomic E-state index is 0.0382. The SMILES string of the molecule is CN(C)C(=O)NC1C[C@H]2CC[C@@H](C1)N2. The van der Waals surface area contributed by atoms with Crippen LogP contribution in [0.2, 0.25) is 0 Å². The van der Waals surface area contributed by atoms with Gasteiger partial charge in [0, 0.05) is 32.2 Å². The molecule has 80 valence electrons. The highest BCUT2D eigenvalue weighted by molar-refractivity contribution is 5.73. The van der Waals surface area contributed by atoms with Gasteiger partial charge < -0.3 is 15.5 Å². The summed E-state index contributed by atoms with van der Waals surface area (Å²) in [5.74, 6) is 0. The maximum Gasteiger partial charge on any atom is 0.317 e. The Hall–Kier alpha value is -0.770. The van der Waals surface area contributed by atoms with E-state index < -0.39 is 0 Å². The van der Waals surface area contributed by atoms with E-state index in [0.29, 0.717) is 18.1 Å². The van der Waals surface area contributed by atoms with E-state index >= 15 is 0 Å². The molecule has 2 amide bonds. The molecule has 0 aliphatic carbocycles. The Morgan fingerprint density at radius 2 is 1.86 bits per heavy atom. The van der Waals surface area contributed by atoms with Gasteiger partial charge in [0.15, 0.2) is 0 Å². The quantitative estimate of drug-likeness (QED) is 0.644. The van der Waals surface area contributed by atoms with E-state index in [1.54, 1.807) is 19.0 Å². The lowest BCUT2D eigenvalue weighted by molar-refractivity contribution is 0.206. The van der Waals surface area contributed by atoms with Crippen LogP contribution >= 0.6 is 0 Å². The van der Waals surface area contributed by atoms with Gasteiger partial charge in [-0.15, -0.1) is 0 Å². The Morgan fingerprint density at radius 3 is 2.36 bits per heavy atom. The van der Waals surface area contributed by atoms with Crippen molar-refractivity contribution in [2.75, 3.05) is 14.1 Å². The topological polar surface area (TPSA) is 44.4 Å². The first kappa shape index (κ1) is 9.77. The molecule has 0 saturated carbocycles. The van der Waals surface area contributed by atoms with E-state index in [1.807, 2.05) is 0 Å². The van der Waals surface area contributed by atoms with Gasteiger partial charge in [0.05, 0.1) is 0 Å². The number of carbonyl (C=O) groups is 1. The number of fused-ring (bicyclic) bond motifs is 2. The summed E-state index contributed by atoms with van der Waals surface area (Å²) in [5, 5.41) is 6.62. The largest absolute Gasteiger partial charge is 0.335 e. The fourth-order valence-electron chi connectivity index (χ4n) is 2.48. The highest BCUT2D eigenvalue weighted by Crippen LogP contribution is 2.26. The predicted molar refractivity (Wildman–Crippen MR) is 55.2 cm³/mol. The number of hydrogen-bond donors (Lipinski definition) is 2. The maximum atomic E-state index is 11.4. The molecule has 0 spiro atoms. The zero-order chi connectivity index (χ0) is 10.1. The van der Waals surface area contributed by atoms with Crippen LogP contribution in [-0.2, 0) is 0 Å². The molecule has 2 bridgehead atoms. The summed E-state index contributed by atoms with van der Waals surface area (Å²) in [6.45, 7) is 0. The Kier molecular flexibility index (Phi) is 2.63. The average Bonchev–Trinajstić information content (AvgIpc) is 2.45. The molecule has 0 aromatic rings. The van der Waals surface area contributed by atoms with E-state index in [2.05, 4.69) is 10.6 Å². The van der Waals surface area contributed by atoms with Crippen molar-refractivity contribution < 1.29 is 4.79 Å². The van der Waals surface area contributed by atoms with Gasteiger partial charge in [-0.3, -0.25) is 0 Å². The van der Waals surface area contributed by atoms with Crippen LogP contribution in [0.4, 0.5) is 4.79 Å². The van der Waals surface area contributed by atoms with Crippen LogP contribution in [0.25, 0.3) is 0 Å². The van der Waals surface area contributed by atoms with Gasteiger partial charge in [0.25, 0.3) is 0 Å². The van der Waals surface area contributed by atoms with E-state index in [9.17, 15) is 4.79 Å². The van der Waals surface area contributed by atoms with Gasteiger partial charge in [-0.1, -0.05) is 0 Å². The van der Waals surface area contributed by atoms with Crippen molar-refractivity contribution in [2.45, 2.75) is 43.8 Å². The molecule has 2 aliphatic heterocycles. The van der Waals surface area contributed by atoms with Crippen molar-refractivity contribution in [3.05, 3.63) is 0 Å². The lowest BCUT2D eigenvalue weighted by Crippen LogP contribution is -2.50. The third kappa shape index (κ3) is 2.00. The zero-order valence-electron chi connectivity index (χ0n) is 8.92. The number of nitrogens with one attached hydrogen (secondary N) is 2. The lowest BCUT2D eigenvalue weighted by atomic mass is 10.0. The van der Waals surface area contributed by atoms with Crippen LogP contribution in [0.3, 0.4) is 0 Å². The van der Waals surface area contributed by atoms with Gasteiger partial charge in [0.1, 0.15) is 0 Å². The molecule has 2 rings (SSSR count). The molecule has 0 aromatic carbocycles. The molecule has 3 atom stereocenters. The van der Waals surface area contributed by atoms with Crippen LogP contribution in [0, 0.1) is 0 Å². The third-order valence-corrected chi connectivity index (χ3v) is 3.21. The van der Waals surface area contributed by atoms with E-state index in [4.69, 9.17) is 0 Å². The number of hydrogen-bond acceptors (Lipinski definition) is 2. The summed E-state index contributed by atoms with van der Waals surface area (Å²) in [6.07, 6.45) is 4.74. The number of urea groups is 1. The van der Waals surface area contributed by atoms with Crippen LogP contribution in [0.5, 0.6) is 0 Å². The average molecular weight is 197 g/mol. The first-order valence-electron chi connectivity index (χ1n) is 5.39. The molecule has 2 aliphatic rings. The number of rotatable bonds is 1. The van der Waals surface area contributed by atoms with Crippen LogP contribution in [-0.4, -0.2) is 43.2 Å². The summed E-state index contributed by atoms with van der Waals surface area (Å²) in [4.78, 5) is 13.0. The third-order valence-electron chi connectivity index (χ3n) is 3.21. The molecule has 2 fully saturated rings. The predicted octanol–water partition coefficient (Wildman–Crippen LogP) is 0.541. The van der Waals surface area contributed by atoms with Crippen molar-refractivity contribution in [2.24, 2.45) is 0 Å². The van der Waals surface area contributed by atoms with Gasteiger partial charge in [-0.2, -0.15) is 0 Å². The summed E-state index contributed by atoms with van der Waals surface area (Å²) in [5.41, 5.74) is 0. The highest BCUT2D eigenvalue weighted by atomic mass is 16.2. The molecule has 0 aromatic heterocycles. The standard InChI is InChI=1S/C10H19N3O/c1-13(2)10(14)12-9-5-7-3-4-8(6-9)11-7/h7-9,11H,3-6H2,1-2H3,(H,12,14)/t7-,8+,9?. The first-order valence-corrected chi connectivity index (χ1v) is 5.39. The van der Waals surface area contributed by atoms with Crippen molar-refractivity contribution in [1.82, 2.24) is 15.5 Å². The second-order valence-corrected chi connectivity index (χ2v) is 4.65. The van der Waals surface area contributed by atoms with E-state index in [1.165, 1.54) is 12.8 Å². The Labute approximate surface area is 85.0 Å². The fraction of sp³-hybridized carbons (Fsp3) is 0.900. The smallest absolute Gasteiger partial charge is 0.317 e. The van der Waals surface area contributed by atoms with Gasteiger partial charge in [-0.05, 0) is 25.7 Å². The molecule has 0 radical (unpaired) electrons. The van der Waals surface area contributed by atoms with Crippen LogP contribution in [0.15, 0.2) is 0 Å². The summed E-state index contributed by atoms with van der Waals surface area (Å²) in [7, 11) is 3.57. The van der Waals surface area contributed by atoms with Crippen LogP contribution < -0.4 is 10.6 Å². The lowest BCUT2D eigenvalue weighted by Gasteiger charge is -2.30. The molecular formula is C10H19N3O. The summed E-state index contributed by atoms with van der Waals surface area (Å²) >= 11 is 0. The minimum absolute atomic E-state index is 0.0382. The summed E-state index contributed by atoms with van der Waals surface area (Å²) in [6, 6.07) is 1.70. The number of amides is 2.